The van der Waals surface area contributed by atoms with Gasteiger partial charge in [0.15, 0.2) is 6.04 Å². The first-order valence-electron chi connectivity index (χ1n) is 9.27. The minimum absolute atomic E-state index is 0.0712. The van der Waals surface area contributed by atoms with Gasteiger partial charge >= 0.3 is 12.1 Å². The van der Waals surface area contributed by atoms with E-state index >= 15 is 0 Å². The van der Waals surface area contributed by atoms with Crippen molar-refractivity contribution in [3.63, 3.8) is 0 Å². The van der Waals surface area contributed by atoms with Gasteiger partial charge in [-0.05, 0) is 29.3 Å². The van der Waals surface area contributed by atoms with Crippen molar-refractivity contribution >= 4 is 28.5 Å². The van der Waals surface area contributed by atoms with Crippen LogP contribution in [0.3, 0.4) is 0 Å². The molecule has 6 heteroatoms. The van der Waals surface area contributed by atoms with Crippen LogP contribution in [0.5, 0.6) is 0 Å². The van der Waals surface area contributed by atoms with Crippen LogP contribution in [-0.2, 0) is 20.9 Å². The molecule has 0 saturated carbocycles. The molecule has 1 aliphatic rings. The fraction of sp³-hybridized carbons (Fsp3) is 0.174. The monoisotopic (exact) mass is 388 g/mol. The van der Waals surface area contributed by atoms with Crippen LogP contribution in [-0.4, -0.2) is 41.6 Å². The van der Waals surface area contributed by atoms with Crippen molar-refractivity contribution in [2.75, 3.05) is 13.7 Å². The standard InChI is InChI=1S/C23H20N2O4/c1-28-22(26)21-12-19(17-7-3-2-4-8-17)14-25(21)23(27)29-15-16-11-18-9-5-6-10-20(18)24-13-16/h2-13,21H,14-15H2,1H3/t21-/m0/s1. The molecule has 0 fully saturated rings. The highest BCUT2D eigenvalue weighted by Crippen LogP contribution is 2.26. The van der Waals surface area contributed by atoms with Gasteiger partial charge in [-0.2, -0.15) is 0 Å². The van der Waals surface area contributed by atoms with Gasteiger partial charge in [0.1, 0.15) is 6.61 Å². The van der Waals surface area contributed by atoms with E-state index in [1.54, 1.807) is 12.3 Å². The molecule has 1 amide bonds. The number of carbonyl (C=O) groups is 2. The molecule has 0 spiro atoms. The zero-order chi connectivity index (χ0) is 20.2. The highest BCUT2D eigenvalue weighted by atomic mass is 16.6. The summed E-state index contributed by atoms with van der Waals surface area (Å²) in [7, 11) is 1.31. The molecular formula is C23H20N2O4. The number of ether oxygens (including phenoxy) is 2. The van der Waals surface area contributed by atoms with Gasteiger partial charge < -0.3 is 9.47 Å². The van der Waals surface area contributed by atoms with Gasteiger partial charge in [-0.3, -0.25) is 9.88 Å². The molecule has 1 atom stereocenters. The average Bonchev–Trinajstić information content (AvgIpc) is 3.23. The van der Waals surface area contributed by atoms with E-state index in [0.29, 0.717) is 0 Å². The summed E-state index contributed by atoms with van der Waals surface area (Å²) in [5.74, 6) is -0.500. The van der Waals surface area contributed by atoms with E-state index in [2.05, 4.69) is 4.98 Å². The first kappa shape index (κ1) is 18.7. The molecule has 6 nitrogen and oxygen atoms in total. The topological polar surface area (TPSA) is 68.7 Å². The first-order chi connectivity index (χ1) is 14.2. The van der Waals surface area contributed by atoms with Crippen molar-refractivity contribution in [3.05, 3.63) is 84.1 Å². The molecule has 1 aromatic heterocycles. The van der Waals surface area contributed by atoms with Gasteiger partial charge in [-0.25, -0.2) is 9.59 Å². The molecule has 0 N–H and O–H groups in total. The lowest BCUT2D eigenvalue weighted by Crippen LogP contribution is -2.41. The lowest BCUT2D eigenvalue weighted by atomic mass is 10.1. The highest BCUT2D eigenvalue weighted by molar-refractivity contribution is 5.90. The van der Waals surface area contributed by atoms with Crippen molar-refractivity contribution in [3.8, 4) is 0 Å². The minimum Gasteiger partial charge on any atom is -0.467 e. The number of pyridine rings is 1. The van der Waals surface area contributed by atoms with Crippen molar-refractivity contribution < 1.29 is 19.1 Å². The number of hydrogen-bond acceptors (Lipinski definition) is 5. The number of hydrogen-bond donors (Lipinski definition) is 0. The molecule has 0 radical (unpaired) electrons. The summed E-state index contributed by atoms with van der Waals surface area (Å²) >= 11 is 0. The number of nitrogens with zero attached hydrogens (tertiary/aromatic N) is 2. The Labute approximate surface area is 168 Å². The molecule has 0 saturated heterocycles. The maximum Gasteiger partial charge on any atom is 0.411 e. The number of methoxy groups -OCH3 is 1. The zero-order valence-electron chi connectivity index (χ0n) is 15.9. The summed E-state index contributed by atoms with van der Waals surface area (Å²) < 4.78 is 10.3. The van der Waals surface area contributed by atoms with Gasteiger partial charge in [-0.15, -0.1) is 0 Å². The number of esters is 1. The predicted octanol–water partition coefficient (Wildman–Crippen LogP) is 3.81. The van der Waals surface area contributed by atoms with E-state index < -0.39 is 18.1 Å². The van der Waals surface area contributed by atoms with Gasteiger partial charge in [0.05, 0.1) is 19.2 Å². The Morgan fingerprint density at radius 2 is 1.86 bits per heavy atom. The minimum atomic E-state index is -0.808. The second kappa shape index (κ2) is 8.14. The lowest BCUT2D eigenvalue weighted by molar-refractivity contribution is -0.144. The Balaban J connectivity index is 1.48. The fourth-order valence-corrected chi connectivity index (χ4v) is 3.37. The average molecular weight is 388 g/mol. The molecule has 2 aromatic carbocycles. The smallest absolute Gasteiger partial charge is 0.411 e. The third-order valence-corrected chi connectivity index (χ3v) is 4.87. The summed E-state index contributed by atoms with van der Waals surface area (Å²) in [6, 6.07) is 18.5. The van der Waals surface area contributed by atoms with E-state index in [9.17, 15) is 9.59 Å². The Morgan fingerprint density at radius 3 is 2.66 bits per heavy atom. The number of carbonyl (C=O) groups excluding carboxylic acids is 2. The highest BCUT2D eigenvalue weighted by Gasteiger charge is 2.36. The van der Waals surface area contributed by atoms with E-state index in [4.69, 9.17) is 9.47 Å². The molecule has 3 aromatic rings. The van der Waals surface area contributed by atoms with Crippen molar-refractivity contribution in [1.82, 2.24) is 9.88 Å². The third kappa shape index (κ3) is 3.96. The predicted molar refractivity (Wildman–Crippen MR) is 109 cm³/mol. The summed E-state index contributed by atoms with van der Waals surface area (Å²) in [5.41, 5.74) is 3.49. The third-order valence-electron chi connectivity index (χ3n) is 4.87. The number of aromatic nitrogens is 1. The van der Waals surface area contributed by atoms with Crippen LogP contribution in [0, 0.1) is 0 Å². The van der Waals surface area contributed by atoms with Crippen LogP contribution in [0.2, 0.25) is 0 Å². The van der Waals surface area contributed by atoms with Crippen LogP contribution in [0.4, 0.5) is 4.79 Å². The van der Waals surface area contributed by atoms with Gasteiger partial charge in [0, 0.05) is 17.1 Å². The Morgan fingerprint density at radius 1 is 1.10 bits per heavy atom. The van der Waals surface area contributed by atoms with Crippen molar-refractivity contribution in [2.24, 2.45) is 0 Å². The summed E-state index contributed by atoms with van der Waals surface area (Å²) in [6.07, 6.45) is 2.86. The lowest BCUT2D eigenvalue weighted by Gasteiger charge is -2.22. The molecule has 146 valence electrons. The molecule has 29 heavy (non-hydrogen) atoms. The Bertz CT molecular complexity index is 1080. The maximum atomic E-state index is 12.7. The number of amides is 1. The number of benzene rings is 2. The first-order valence-corrected chi connectivity index (χ1v) is 9.27. The second-order valence-corrected chi connectivity index (χ2v) is 6.74. The molecule has 4 rings (SSSR count). The molecule has 1 aliphatic heterocycles. The van der Waals surface area contributed by atoms with Crippen molar-refractivity contribution in [1.29, 1.82) is 0 Å². The number of fused-ring (bicyclic) bond motifs is 1. The van der Waals surface area contributed by atoms with E-state index in [-0.39, 0.29) is 13.2 Å². The van der Waals surface area contributed by atoms with Gasteiger partial charge in [-0.1, -0.05) is 48.5 Å². The fourth-order valence-electron chi connectivity index (χ4n) is 3.37. The van der Waals surface area contributed by atoms with Crippen LogP contribution >= 0.6 is 0 Å². The maximum absolute atomic E-state index is 12.7. The summed E-state index contributed by atoms with van der Waals surface area (Å²) in [5, 5.41) is 0.975. The van der Waals surface area contributed by atoms with E-state index in [1.165, 1.54) is 12.0 Å². The van der Waals surface area contributed by atoms with Crippen LogP contribution in [0.25, 0.3) is 16.5 Å². The molecule has 2 heterocycles. The molecule has 0 bridgehead atoms. The normalized spacial score (nSPS) is 15.8. The molecule has 0 aliphatic carbocycles. The second-order valence-electron chi connectivity index (χ2n) is 6.74. The number of rotatable bonds is 4. The zero-order valence-corrected chi connectivity index (χ0v) is 15.9. The SMILES string of the molecule is COC(=O)[C@@H]1C=C(c2ccccc2)CN1C(=O)OCc1cnc2ccccc2c1. The largest absolute Gasteiger partial charge is 0.467 e. The van der Waals surface area contributed by atoms with Gasteiger partial charge in [0.25, 0.3) is 0 Å². The quantitative estimate of drug-likeness (QED) is 0.636. The van der Waals surface area contributed by atoms with Crippen LogP contribution < -0.4 is 0 Å². The van der Waals surface area contributed by atoms with E-state index in [1.807, 2.05) is 60.7 Å². The van der Waals surface area contributed by atoms with Crippen LogP contribution in [0.1, 0.15) is 11.1 Å². The summed E-state index contributed by atoms with van der Waals surface area (Å²) in [4.78, 5) is 30.7. The van der Waals surface area contributed by atoms with E-state index in [0.717, 1.165) is 27.6 Å². The summed E-state index contributed by atoms with van der Waals surface area (Å²) in [6.45, 7) is 0.348. The number of para-hydroxylation sites is 1. The Kier molecular flexibility index (Phi) is 5.24. The molecule has 0 unspecified atom stereocenters. The van der Waals surface area contributed by atoms with Gasteiger partial charge in [0.2, 0.25) is 0 Å². The molecular weight excluding hydrogens is 368 g/mol. The Hall–Kier alpha value is -3.67. The van der Waals surface area contributed by atoms with Crippen molar-refractivity contribution in [2.45, 2.75) is 12.6 Å². The van der Waals surface area contributed by atoms with Crippen LogP contribution in [0.15, 0.2) is 72.9 Å².